The second-order valence-corrected chi connectivity index (χ2v) is 5.26. The van der Waals surface area contributed by atoms with E-state index in [1.165, 1.54) is 0 Å². The molecule has 1 fully saturated rings. The van der Waals surface area contributed by atoms with E-state index >= 15 is 0 Å². The highest BCUT2D eigenvalue weighted by molar-refractivity contribution is 9.10. The Balaban J connectivity index is 2.03. The van der Waals surface area contributed by atoms with Gasteiger partial charge in [0.2, 0.25) is 0 Å². The number of benzene rings is 1. The standard InChI is InChI=1S/C12H13BrClNO2/c13-9-1-2-10(11(14)7-9)12(16)8-15-3-5-17-6-4-15/h1-2,7H,3-6,8H2. The van der Waals surface area contributed by atoms with Crippen LogP contribution in [0, 0.1) is 0 Å². The highest BCUT2D eigenvalue weighted by atomic mass is 79.9. The lowest BCUT2D eigenvalue weighted by Gasteiger charge is -2.25. The maximum Gasteiger partial charge on any atom is 0.178 e. The van der Waals surface area contributed by atoms with Crippen LogP contribution in [0.4, 0.5) is 0 Å². The molecular weight excluding hydrogens is 305 g/mol. The SMILES string of the molecule is O=C(CN1CCOCC1)c1ccc(Br)cc1Cl. The molecule has 1 saturated heterocycles. The molecule has 1 aliphatic rings. The summed E-state index contributed by atoms with van der Waals surface area (Å²) in [6, 6.07) is 5.34. The van der Waals surface area contributed by atoms with E-state index in [1.54, 1.807) is 12.1 Å². The lowest BCUT2D eigenvalue weighted by molar-refractivity contribution is 0.0371. The molecule has 1 aliphatic heterocycles. The van der Waals surface area contributed by atoms with Crippen LogP contribution in [0.15, 0.2) is 22.7 Å². The molecule has 17 heavy (non-hydrogen) atoms. The van der Waals surface area contributed by atoms with Crippen LogP contribution in [0.2, 0.25) is 5.02 Å². The average molecular weight is 319 g/mol. The van der Waals surface area contributed by atoms with Crippen LogP contribution in [0.25, 0.3) is 0 Å². The van der Waals surface area contributed by atoms with Gasteiger partial charge in [0.25, 0.3) is 0 Å². The topological polar surface area (TPSA) is 29.5 Å². The van der Waals surface area contributed by atoms with Gasteiger partial charge in [0.1, 0.15) is 0 Å². The third-order valence-electron chi connectivity index (χ3n) is 2.70. The third kappa shape index (κ3) is 3.52. The largest absolute Gasteiger partial charge is 0.379 e. The Morgan fingerprint density at radius 3 is 2.76 bits per heavy atom. The fourth-order valence-corrected chi connectivity index (χ4v) is 2.54. The summed E-state index contributed by atoms with van der Waals surface area (Å²) in [6.45, 7) is 3.41. The Morgan fingerprint density at radius 1 is 1.41 bits per heavy atom. The fraction of sp³-hybridized carbons (Fsp3) is 0.417. The van der Waals surface area contributed by atoms with Crippen molar-refractivity contribution in [1.82, 2.24) is 4.90 Å². The maximum absolute atomic E-state index is 12.1. The van der Waals surface area contributed by atoms with Crippen LogP contribution in [0.5, 0.6) is 0 Å². The van der Waals surface area contributed by atoms with Crippen molar-refractivity contribution in [2.45, 2.75) is 0 Å². The third-order valence-corrected chi connectivity index (χ3v) is 3.51. The molecule has 0 aliphatic carbocycles. The Kier molecular flexibility index (Phi) is 4.56. The monoisotopic (exact) mass is 317 g/mol. The zero-order valence-corrected chi connectivity index (χ0v) is 11.6. The summed E-state index contributed by atoms with van der Waals surface area (Å²) in [6.07, 6.45) is 0. The van der Waals surface area contributed by atoms with Crippen LogP contribution < -0.4 is 0 Å². The number of nitrogens with zero attached hydrogens (tertiary/aromatic N) is 1. The van der Waals surface area contributed by atoms with Gasteiger partial charge in [-0.15, -0.1) is 0 Å². The van der Waals surface area contributed by atoms with Crippen LogP contribution in [0.3, 0.4) is 0 Å². The van der Waals surface area contributed by atoms with Crippen molar-refractivity contribution in [3.8, 4) is 0 Å². The van der Waals surface area contributed by atoms with Crippen LogP contribution in [-0.2, 0) is 4.74 Å². The van der Waals surface area contributed by atoms with E-state index in [4.69, 9.17) is 16.3 Å². The predicted molar refractivity (Wildman–Crippen MR) is 70.7 cm³/mol. The summed E-state index contributed by atoms with van der Waals surface area (Å²) in [5, 5.41) is 0.498. The summed E-state index contributed by atoms with van der Waals surface area (Å²) in [5.41, 5.74) is 0.585. The fourth-order valence-electron chi connectivity index (χ4n) is 1.76. The molecule has 0 unspecified atom stereocenters. The molecule has 0 radical (unpaired) electrons. The van der Waals surface area contributed by atoms with Crippen molar-refractivity contribution in [2.24, 2.45) is 0 Å². The second-order valence-electron chi connectivity index (χ2n) is 3.94. The normalized spacial score (nSPS) is 17.1. The minimum Gasteiger partial charge on any atom is -0.379 e. The summed E-state index contributed by atoms with van der Waals surface area (Å²) < 4.78 is 6.12. The van der Waals surface area contributed by atoms with Crippen LogP contribution in [-0.4, -0.2) is 43.5 Å². The molecule has 1 aromatic carbocycles. The van der Waals surface area contributed by atoms with Gasteiger partial charge in [0, 0.05) is 23.1 Å². The molecule has 5 heteroatoms. The van der Waals surface area contributed by atoms with Crippen LogP contribution in [0.1, 0.15) is 10.4 Å². The van der Waals surface area contributed by atoms with Crippen molar-refractivity contribution in [3.05, 3.63) is 33.3 Å². The zero-order chi connectivity index (χ0) is 12.3. The number of ether oxygens (including phenoxy) is 1. The number of halogens is 2. The Morgan fingerprint density at radius 2 is 2.12 bits per heavy atom. The van der Waals surface area contributed by atoms with E-state index < -0.39 is 0 Å². The minimum atomic E-state index is 0.0596. The second kappa shape index (κ2) is 5.96. The summed E-state index contributed by atoms with van der Waals surface area (Å²) in [4.78, 5) is 14.2. The van der Waals surface area contributed by atoms with E-state index in [1.807, 2.05) is 6.07 Å². The number of Topliss-reactive ketones (excluding diaryl/α,β-unsaturated/α-hetero) is 1. The van der Waals surface area contributed by atoms with Gasteiger partial charge in [-0.2, -0.15) is 0 Å². The van der Waals surface area contributed by atoms with Gasteiger partial charge in [-0.1, -0.05) is 27.5 Å². The average Bonchev–Trinajstić information content (AvgIpc) is 2.30. The zero-order valence-electron chi connectivity index (χ0n) is 9.29. The Labute approximate surface area is 114 Å². The first-order valence-corrected chi connectivity index (χ1v) is 6.62. The van der Waals surface area contributed by atoms with Gasteiger partial charge in [-0.25, -0.2) is 0 Å². The highest BCUT2D eigenvalue weighted by Crippen LogP contribution is 2.22. The number of rotatable bonds is 3. The summed E-state index contributed by atoms with van der Waals surface area (Å²) in [5.74, 6) is 0.0596. The molecule has 0 amide bonds. The number of carbonyl (C=O) groups excluding carboxylic acids is 1. The lowest BCUT2D eigenvalue weighted by Crippen LogP contribution is -2.39. The summed E-state index contributed by atoms with van der Waals surface area (Å²) in [7, 11) is 0. The summed E-state index contributed by atoms with van der Waals surface area (Å²) >= 11 is 9.37. The van der Waals surface area contributed by atoms with Crippen molar-refractivity contribution in [2.75, 3.05) is 32.8 Å². The molecule has 0 spiro atoms. The molecule has 1 heterocycles. The van der Waals surface area contributed by atoms with E-state index in [0.29, 0.717) is 30.3 Å². The van der Waals surface area contributed by atoms with Crippen molar-refractivity contribution in [1.29, 1.82) is 0 Å². The van der Waals surface area contributed by atoms with Crippen molar-refractivity contribution in [3.63, 3.8) is 0 Å². The minimum absolute atomic E-state index is 0.0596. The number of hydrogen-bond donors (Lipinski definition) is 0. The van der Waals surface area contributed by atoms with Crippen molar-refractivity contribution >= 4 is 33.3 Å². The first-order chi connectivity index (χ1) is 8.16. The maximum atomic E-state index is 12.1. The van der Waals surface area contributed by atoms with Gasteiger partial charge >= 0.3 is 0 Å². The molecule has 2 rings (SSSR count). The molecule has 92 valence electrons. The van der Waals surface area contributed by atoms with Gasteiger partial charge < -0.3 is 4.74 Å². The molecular formula is C12H13BrClNO2. The van der Waals surface area contributed by atoms with E-state index in [-0.39, 0.29) is 5.78 Å². The molecule has 3 nitrogen and oxygen atoms in total. The molecule has 0 bridgehead atoms. The van der Waals surface area contributed by atoms with Crippen molar-refractivity contribution < 1.29 is 9.53 Å². The number of hydrogen-bond acceptors (Lipinski definition) is 3. The lowest BCUT2D eigenvalue weighted by atomic mass is 10.1. The first kappa shape index (κ1) is 13.0. The number of carbonyl (C=O) groups is 1. The van der Waals surface area contributed by atoms with Gasteiger partial charge in [0.15, 0.2) is 5.78 Å². The van der Waals surface area contributed by atoms with E-state index in [2.05, 4.69) is 20.8 Å². The quantitative estimate of drug-likeness (QED) is 0.802. The smallest absolute Gasteiger partial charge is 0.178 e. The van der Waals surface area contributed by atoms with E-state index in [0.717, 1.165) is 17.6 Å². The Hall–Kier alpha value is -0.420. The molecule has 0 atom stereocenters. The van der Waals surface area contributed by atoms with Crippen LogP contribution >= 0.6 is 27.5 Å². The molecule has 0 N–H and O–H groups in total. The number of morpholine rings is 1. The molecule has 0 aromatic heterocycles. The van der Waals surface area contributed by atoms with Gasteiger partial charge in [-0.3, -0.25) is 9.69 Å². The molecule has 0 saturated carbocycles. The number of ketones is 1. The first-order valence-electron chi connectivity index (χ1n) is 5.45. The Bertz CT molecular complexity index is 419. The van der Waals surface area contributed by atoms with E-state index in [9.17, 15) is 4.79 Å². The van der Waals surface area contributed by atoms with Gasteiger partial charge in [0.05, 0.1) is 24.8 Å². The molecule has 1 aromatic rings. The van der Waals surface area contributed by atoms with Gasteiger partial charge in [-0.05, 0) is 18.2 Å². The highest BCUT2D eigenvalue weighted by Gasteiger charge is 2.17. The predicted octanol–water partition coefficient (Wildman–Crippen LogP) is 2.62.